The van der Waals surface area contributed by atoms with Crippen LogP contribution in [0, 0.1) is 0 Å². The highest BCUT2D eigenvalue weighted by Gasteiger charge is 2.20. The van der Waals surface area contributed by atoms with Gasteiger partial charge in [0.15, 0.2) is 0 Å². The van der Waals surface area contributed by atoms with Crippen LogP contribution in [0.3, 0.4) is 0 Å². The molecule has 0 bridgehead atoms. The molecule has 5 heteroatoms. The van der Waals surface area contributed by atoms with Crippen molar-refractivity contribution in [3.05, 3.63) is 45.9 Å². The molecule has 1 aromatic heterocycles. The molecular formula is C13H15BrN2S2. The molecule has 0 aliphatic carbocycles. The van der Waals surface area contributed by atoms with Gasteiger partial charge in [0.05, 0.1) is 5.25 Å². The van der Waals surface area contributed by atoms with Gasteiger partial charge in [0.2, 0.25) is 0 Å². The highest BCUT2D eigenvalue weighted by atomic mass is 79.9. The summed E-state index contributed by atoms with van der Waals surface area (Å²) in [5.74, 6) is 0. The first-order chi connectivity index (χ1) is 8.70. The summed E-state index contributed by atoms with van der Waals surface area (Å²) in [6.07, 6.45) is 2.79. The minimum atomic E-state index is 0.139. The van der Waals surface area contributed by atoms with Crippen molar-refractivity contribution >= 4 is 39.0 Å². The Kier molecular flexibility index (Phi) is 5.24. The van der Waals surface area contributed by atoms with Crippen LogP contribution in [0.25, 0.3) is 0 Å². The highest BCUT2D eigenvalue weighted by molar-refractivity contribution is 9.10. The van der Waals surface area contributed by atoms with E-state index in [0.29, 0.717) is 0 Å². The average Bonchev–Trinajstić information content (AvgIpc) is 2.89. The van der Waals surface area contributed by atoms with Gasteiger partial charge in [-0.2, -0.15) is 0 Å². The first-order valence-electron chi connectivity index (χ1n) is 5.78. The zero-order valence-corrected chi connectivity index (χ0v) is 13.3. The third-order valence-electron chi connectivity index (χ3n) is 2.70. The molecule has 0 aliphatic heterocycles. The van der Waals surface area contributed by atoms with Crippen LogP contribution in [-0.2, 0) is 0 Å². The van der Waals surface area contributed by atoms with Crippen LogP contribution in [0.4, 0.5) is 0 Å². The van der Waals surface area contributed by atoms with Crippen molar-refractivity contribution in [2.75, 3.05) is 0 Å². The molecule has 2 N–H and O–H groups in total. The van der Waals surface area contributed by atoms with Crippen molar-refractivity contribution < 1.29 is 0 Å². The molecule has 2 unspecified atom stereocenters. The van der Waals surface area contributed by atoms with Crippen LogP contribution < -0.4 is 5.73 Å². The van der Waals surface area contributed by atoms with E-state index in [0.717, 1.165) is 15.2 Å². The van der Waals surface area contributed by atoms with Gasteiger partial charge in [0.25, 0.3) is 0 Å². The summed E-state index contributed by atoms with van der Waals surface area (Å²) in [4.78, 5) is 4.33. The molecular weight excluding hydrogens is 328 g/mol. The Labute approximate surface area is 124 Å². The van der Waals surface area contributed by atoms with Crippen LogP contribution in [0.1, 0.15) is 24.2 Å². The molecule has 18 heavy (non-hydrogen) atoms. The maximum Gasteiger partial charge on any atom is 0.150 e. The lowest BCUT2D eigenvalue weighted by molar-refractivity contribution is 0.634. The summed E-state index contributed by atoms with van der Waals surface area (Å²) >= 11 is 6.88. The predicted molar refractivity (Wildman–Crippen MR) is 83.1 cm³/mol. The fourth-order valence-electron chi connectivity index (χ4n) is 1.65. The summed E-state index contributed by atoms with van der Waals surface area (Å²) in [7, 11) is 0. The fourth-order valence-corrected chi connectivity index (χ4v) is 3.97. The SMILES string of the molecule is CCC(N)C(Sc1nccs1)c1ccc(Br)cc1. The van der Waals surface area contributed by atoms with Crippen LogP contribution in [0.2, 0.25) is 0 Å². The van der Waals surface area contributed by atoms with Crippen LogP contribution in [0.5, 0.6) is 0 Å². The molecule has 0 aliphatic rings. The topological polar surface area (TPSA) is 38.9 Å². The smallest absolute Gasteiger partial charge is 0.150 e. The summed E-state index contributed by atoms with van der Waals surface area (Å²) in [5.41, 5.74) is 7.51. The quantitative estimate of drug-likeness (QED) is 0.814. The second-order valence-corrected chi connectivity index (χ2v) is 7.16. The number of thioether (sulfide) groups is 1. The second kappa shape index (κ2) is 6.70. The van der Waals surface area contributed by atoms with Gasteiger partial charge in [-0.25, -0.2) is 4.98 Å². The summed E-state index contributed by atoms with van der Waals surface area (Å²) in [6, 6.07) is 8.52. The van der Waals surface area contributed by atoms with E-state index in [1.807, 2.05) is 11.6 Å². The van der Waals surface area contributed by atoms with E-state index in [9.17, 15) is 0 Å². The maximum absolute atomic E-state index is 6.25. The Morgan fingerprint density at radius 3 is 2.67 bits per heavy atom. The van der Waals surface area contributed by atoms with E-state index < -0.39 is 0 Å². The van der Waals surface area contributed by atoms with Gasteiger partial charge in [-0.1, -0.05) is 46.7 Å². The Bertz CT molecular complexity index is 470. The Balaban J connectivity index is 2.22. The fraction of sp³-hybridized carbons (Fsp3) is 0.308. The molecule has 2 rings (SSSR count). The molecule has 0 radical (unpaired) electrons. The number of thiazole rings is 1. The molecule has 2 aromatic rings. The van der Waals surface area contributed by atoms with Crippen molar-refractivity contribution in [1.82, 2.24) is 4.98 Å². The molecule has 1 aromatic carbocycles. The van der Waals surface area contributed by atoms with E-state index in [-0.39, 0.29) is 11.3 Å². The minimum Gasteiger partial charge on any atom is -0.326 e. The number of nitrogens with two attached hydrogens (primary N) is 1. The lowest BCUT2D eigenvalue weighted by Gasteiger charge is -2.21. The average molecular weight is 343 g/mol. The molecule has 1 heterocycles. The van der Waals surface area contributed by atoms with Crippen molar-refractivity contribution in [2.24, 2.45) is 5.73 Å². The Morgan fingerprint density at radius 1 is 1.39 bits per heavy atom. The number of hydrogen-bond acceptors (Lipinski definition) is 4. The van der Waals surface area contributed by atoms with Crippen molar-refractivity contribution in [2.45, 2.75) is 29.0 Å². The molecule has 96 valence electrons. The molecule has 0 saturated carbocycles. The van der Waals surface area contributed by atoms with Crippen molar-refractivity contribution in [3.8, 4) is 0 Å². The number of benzene rings is 1. The third kappa shape index (κ3) is 3.57. The first kappa shape index (κ1) is 14.1. The van der Waals surface area contributed by atoms with Gasteiger partial charge in [-0.15, -0.1) is 11.3 Å². The predicted octanol–water partition coefficient (Wildman–Crippen LogP) is 4.48. The van der Waals surface area contributed by atoms with E-state index in [1.54, 1.807) is 23.1 Å². The Hall–Kier alpha value is -0.360. The normalized spacial score (nSPS) is 14.4. The van der Waals surface area contributed by atoms with Crippen LogP contribution in [0.15, 0.2) is 44.7 Å². The molecule has 2 atom stereocenters. The van der Waals surface area contributed by atoms with Gasteiger partial charge in [-0.05, 0) is 24.1 Å². The van der Waals surface area contributed by atoms with E-state index in [4.69, 9.17) is 5.73 Å². The number of hydrogen-bond donors (Lipinski definition) is 1. The monoisotopic (exact) mass is 342 g/mol. The van der Waals surface area contributed by atoms with E-state index in [2.05, 4.69) is 52.1 Å². The molecule has 0 amide bonds. The maximum atomic E-state index is 6.25. The van der Waals surface area contributed by atoms with Crippen LogP contribution in [-0.4, -0.2) is 11.0 Å². The number of nitrogens with zero attached hydrogens (tertiary/aromatic N) is 1. The second-order valence-electron chi connectivity index (χ2n) is 3.96. The van der Waals surface area contributed by atoms with Gasteiger partial charge in [0.1, 0.15) is 4.34 Å². The van der Waals surface area contributed by atoms with E-state index >= 15 is 0 Å². The summed E-state index contributed by atoms with van der Waals surface area (Å²) in [5, 5.41) is 2.26. The number of aromatic nitrogens is 1. The van der Waals surface area contributed by atoms with Crippen molar-refractivity contribution in [1.29, 1.82) is 0 Å². The van der Waals surface area contributed by atoms with Crippen LogP contribution >= 0.6 is 39.0 Å². The molecule has 2 nitrogen and oxygen atoms in total. The Morgan fingerprint density at radius 2 is 2.11 bits per heavy atom. The lowest BCUT2D eigenvalue weighted by atomic mass is 10.0. The van der Waals surface area contributed by atoms with Gasteiger partial charge >= 0.3 is 0 Å². The zero-order valence-electron chi connectivity index (χ0n) is 10.0. The summed E-state index contributed by atoms with van der Waals surface area (Å²) < 4.78 is 2.17. The zero-order chi connectivity index (χ0) is 13.0. The lowest BCUT2D eigenvalue weighted by Crippen LogP contribution is -2.25. The summed E-state index contributed by atoms with van der Waals surface area (Å²) in [6.45, 7) is 2.12. The minimum absolute atomic E-state index is 0.139. The standard InChI is InChI=1S/C13H15BrN2S2/c1-2-11(15)12(18-13-16-7-8-17-13)9-3-5-10(14)6-4-9/h3-8,11-12H,2,15H2,1H3. The van der Waals surface area contributed by atoms with Gasteiger partial charge < -0.3 is 5.73 Å². The first-order valence-corrected chi connectivity index (χ1v) is 8.33. The third-order valence-corrected chi connectivity index (χ3v) is 5.55. The number of rotatable bonds is 5. The molecule has 0 spiro atoms. The van der Waals surface area contributed by atoms with Gasteiger partial charge in [0, 0.05) is 22.1 Å². The number of halogens is 1. The largest absolute Gasteiger partial charge is 0.326 e. The van der Waals surface area contributed by atoms with Gasteiger partial charge in [-0.3, -0.25) is 0 Å². The molecule has 0 fully saturated rings. The van der Waals surface area contributed by atoms with Crippen molar-refractivity contribution in [3.63, 3.8) is 0 Å². The highest BCUT2D eigenvalue weighted by Crippen LogP contribution is 2.39. The van der Waals surface area contributed by atoms with E-state index in [1.165, 1.54) is 5.56 Å². The molecule has 0 saturated heterocycles.